The zero-order chi connectivity index (χ0) is 26.2. The highest BCUT2D eigenvalue weighted by molar-refractivity contribution is 6.24. The molecule has 6 rings (SSSR count). The van der Waals surface area contributed by atoms with Crippen molar-refractivity contribution in [3.05, 3.63) is 65.7 Å². The third-order valence-corrected chi connectivity index (χ3v) is 8.83. The topological polar surface area (TPSA) is 124 Å². The van der Waals surface area contributed by atoms with E-state index < -0.39 is 46.8 Å². The van der Waals surface area contributed by atoms with Crippen molar-refractivity contribution in [3.8, 4) is 11.5 Å². The Hall–Kier alpha value is -3.98. The molecule has 2 aliphatic carbocycles. The zero-order valence-corrected chi connectivity index (χ0v) is 20.3. The lowest BCUT2D eigenvalue weighted by molar-refractivity contribution is -0.173. The Kier molecular flexibility index (Phi) is 5.07. The maximum absolute atomic E-state index is 14.2. The highest BCUT2D eigenvalue weighted by Gasteiger charge is 2.68. The molecule has 0 aromatic heterocycles. The van der Waals surface area contributed by atoms with Gasteiger partial charge in [-0.05, 0) is 43.9 Å². The van der Waals surface area contributed by atoms with E-state index in [0.717, 1.165) is 5.57 Å². The van der Waals surface area contributed by atoms with Gasteiger partial charge in [-0.1, -0.05) is 42.0 Å². The van der Waals surface area contributed by atoms with Crippen molar-refractivity contribution in [2.75, 3.05) is 12.0 Å². The molecule has 9 heteroatoms. The summed E-state index contributed by atoms with van der Waals surface area (Å²) in [7, 11) is 1.43. The molecule has 1 saturated carbocycles. The fourth-order valence-corrected chi connectivity index (χ4v) is 7.10. The Morgan fingerprint density at radius 3 is 2.38 bits per heavy atom. The summed E-state index contributed by atoms with van der Waals surface area (Å²) in [5.74, 6) is -5.75. The molecule has 4 aliphatic rings. The van der Waals surface area contributed by atoms with Crippen LogP contribution in [0.2, 0.25) is 0 Å². The van der Waals surface area contributed by atoms with Crippen molar-refractivity contribution in [1.29, 1.82) is 0 Å². The summed E-state index contributed by atoms with van der Waals surface area (Å²) in [6, 6.07) is 13.7. The quantitative estimate of drug-likeness (QED) is 0.376. The number of hydrogen-bond donors (Lipinski definition) is 2. The van der Waals surface area contributed by atoms with Crippen molar-refractivity contribution in [2.24, 2.45) is 29.1 Å². The molecule has 2 aliphatic heterocycles. The first-order valence-electron chi connectivity index (χ1n) is 12.3. The number of carbonyl (C=O) groups excluding carboxylic acids is 4. The average molecular weight is 503 g/mol. The average Bonchev–Trinajstić information content (AvgIpc) is 3.24. The summed E-state index contributed by atoms with van der Waals surface area (Å²) in [6.45, 7) is 1.74. The van der Waals surface area contributed by atoms with Crippen LogP contribution in [0.3, 0.4) is 0 Å². The molecule has 0 bridgehead atoms. The van der Waals surface area contributed by atoms with Gasteiger partial charge in [0.1, 0.15) is 0 Å². The Morgan fingerprint density at radius 2 is 1.68 bits per heavy atom. The number of phenolic OH excluding ortho intramolecular Hbond substituents is 1. The van der Waals surface area contributed by atoms with Crippen LogP contribution in [-0.4, -0.2) is 46.1 Å². The molecule has 4 amide bonds. The summed E-state index contributed by atoms with van der Waals surface area (Å²) >= 11 is 0. The van der Waals surface area contributed by atoms with E-state index in [9.17, 15) is 29.5 Å². The second kappa shape index (κ2) is 8.01. The molecule has 0 radical (unpaired) electrons. The van der Waals surface area contributed by atoms with E-state index >= 15 is 0 Å². The van der Waals surface area contributed by atoms with Crippen LogP contribution in [0.25, 0.3) is 0 Å². The summed E-state index contributed by atoms with van der Waals surface area (Å²) in [4.78, 5) is 54.9. The van der Waals surface area contributed by atoms with Gasteiger partial charge in [0.2, 0.25) is 11.8 Å². The van der Waals surface area contributed by atoms with Crippen LogP contribution >= 0.6 is 0 Å². The Labute approximate surface area is 212 Å². The number of carbonyl (C=O) groups is 4. The van der Waals surface area contributed by atoms with Gasteiger partial charge >= 0.3 is 0 Å². The Morgan fingerprint density at radius 1 is 0.946 bits per heavy atom. The van der Waals surface area contributed by atoms with Gasteiger partial charge in [0, 0.05) is 11.5 Å². The predicted molar refractivity (Wildman–Crippen MR) is 129 cm³/mol. The van der Waals surface area contributed by atoms with Crippen molar-refractivity contribution in [1.82, 2.24) is 5.06 Å². The monoisotopic (exact) mass is 502 g/mol. The van der Waals surface area contributed by atoms with Gasteiger partial charge in [0.05, 0.1) is 36.0 Å². The number of hydrogen-bond acceptors (Lipinski definition) is 7. The first-order chi connectivity index (χ1) is 17.7. The molecule has 6 atom stereocenters. The molecule has 9 nitrogen and oxygen atoms in total. The molecule has 2 N–H and O–H groups in total. The van der Waals surface area contributed by atoms with Gasteiger partial charge in [-0.3, -0.25) is 24.4 Å². The lowest BCUT2D eigenvalue weighted by Gasteiger charge is -2.49. The van der Waals surface area contributed by atoms with E-state index in [4.69, 9.17) is 4.74 Å². The number of nitrogens with zero attached hydrogens (tertiary/aromatic N) is 2. The summed E-state index contributed by atoms with van der Waals surface area (Å²) in [5, 5.41) is 21.5. The van der Waals surface area contributed by atoms with E-state index in [1.165, 1.54) is 12.0 Å². The van der Waals surface area contributed by atoms with E-state index in [0.29, 0.717) is 11.3 Å². The van der Waals surface area contributed by atoms with Crippen LogP contribution in [0.5, 0.6) is 11.5 Å². The van der Waals surface area contributed by atoms with Crippen molar-refractivity contribution < 1.29 is 34.2 Å². The second-order valence-electron chi connectivity index (χ2n) is 10.4. The maximum Gasteiger partial charge on any atom is 0.257 e. The first kappa shape index (κ1) is 23.4. The largest absolute Gasteiger partial charge is 0.504 e. The zero-order valence-electron chi connectivity index (χ0n) is 20.3. The van der Waals surface area contributed by atoms with Crippen molar-refractivity contribution >= 4 is 29.3 Å². The number of hydroxylamine groups is 2. The SMILES string of the molecule is COc1cccc(C2C3=CCC4C(=O)N(O)C(=O)C4C3CC3C(=O)N(c4ccccc4)C(=O)C32C)c1O. The van der Waals surface area contributed by atoms with E-state index in [-0.39, 0.29) is 41.2 Å². The molecule has 2 heterocycles. The molecular weight excluding hydrogens is 476 g/mol. The number of fused-ring (bicyclic) bond motifs is 4. The molecule has 2 saturated heterocycles. The van der Waals surface area contributed by atoms with E-state index in [1.807, 2.05) is 6.08 Å². The number of amides is 4. The number of benzene rings is 2. The molecule has 37 heavy (non-hydrogen) atoms. The first-order valence-corrected chi connectivity index (χ1v) is 12.3. The number of allylic oxidation sites excluding steroid dienone is 2. The Balaban J connectivity index is 1.57. The number of rotatable bonds is 3. The van der Waals surface area contributed by atoms with Gasteiger partial charge < -0.3 is 9.84 Å². The molecular formula is C28H26N2O7. The molecule has 0 spiro atoms. The van der Waals surface area contributed by atoms with Gasteiger partial charge in [0.15, 0.2) is 11.5 Å². The standard InChI is InChI=1S/C28H26N2O7/c1-28-19(25(33)29(27(28)35)14-7-4-3-5-8-14)13-18-15(11-12-16-21(18)26(34)30(36)24(16)32)22(28)17-9-6-10-20(37-2)23(17)31/h3-11,16,18-19,21-22,31,36H,12-13H2,1-2H3. The van der Waals surface area contributed by atoms with Crippen LogP contribution < -0.4 is 9.64 Å². The predicted octanol–water partition coefficient (Wildman–Crippen LogP) is 3.02. The van der Waals surface area contributed by atoms with Crippen LogP contribution in [-0.2, 0) is 19.2 Å². The number of anilines is 1. The smallest absolute Gasteiger partial charge is 0.257 e. The minimum absolute atomic E-state index is 0.144. The lowest BCUT2D eigenvalue weighted by atomic mass is 9.51. The van der Waals surface area contributed by atoms with Crippen molar-refractivity contribution in [2.45, 2.75) is 25.7 Å². The number of imide groups is 2. The minimum atomic E-state index is -1.27. The number of ether oxygens (including phenoxy) is 1. The highest BCUT2D eigenvalue weighted by atomic mass is 16.5. The van der Waals surface area contributed by atoms with Crippen LogP contribution in [0.1, 0.15) is 31.2 Å². The van der Waals surface area contributed by atoms with Gasteiger partial charge in [0.25, 0.3) is 11.8 Å². The molecule has 190 valence electrons. The molecule has 3 fully saturated rings. The number of methoxy groups -OCH3 is 1. The van der Waals surface area contributed by atoms with E-state index in [2.05, 4.69) is 0 Å². The van der Waals surface area contributed by atoms with Crippen molar-refractivity contribution in [3.63, 3.8) is 0 Å². The fraction of sp³-hybridized carbons (Fsp3) is 0.357. The summed E-state index contributed by atoms with van der Waals surface area (Å²) in [5.41, 5.74) is 0.312. The Bertz CT molecular complexity index is 1390. The second-order valence-corrected chi connectivity index (χ2v) is 10.4. The number of phenols is 1. The van der Waals surface area contributed by atoms with Crippen LogP contribution in [0.4, 0.5) is 5.69 Å². The molecule has 2 aromatic rings. The lowest BCUT2D eigenvalue weighted by Crippen LogP contribution is -2.48. The third kappa shape index (κ3) is 2.94. The van der Waals surface area contributed by atoms with Crippen LogP contribution in [0.15, 0.2) is 60.2 Å². The normalized spacial score (nSPS) is 32.7. The highest BCUT2D eigenvalue weighted by Crippen LogP contribution is 2.64. The summed E-state index contributed by atoms with van der Waals surface area (Å²) in [6.07, 6.45) is 2.24. The number of aromatic hydroxyl groups is 1. The maximum atomic E-state index is 14.2. The van der Waals surface area contributed by atoms with Gasteiger partial charge in [-0.2, -0.15) is 5.06 Å². The fourth-order valence-electron chi connectivity index (χ4n) is 7.10. The van der Waals surface area contributed by atoms with E-state index in [1.54, 1.807) is 55.5 Å². The number of para-hydroxylation sites is 2. The summed E-state index contributed by atoms with van der Waals surface area (Å²) < 4.78 is 5.34. The van der Waals surface area contributed by atoms with Gasteiger partial charge in [-0.15, -0.1) is 0 Å². The minimum Gasteiger partial charge on any atom is -0.504 e. The molecule has 6 unspecified atom stereocenters. The van der Waals surface area contributed by atoms with Crippen LogP contribution in [0, 0.1) is 29.1 Å². The third-order valence-electron chi connectivity index (χ3n) is 8.83. The van der Waals surface area contributed by atoms with Gasteiger partial charge in [-0.25, -0.2) is 4.90 Å². The molecule has 2 aromatic carbocycles.